The van der Waals surface area contributed by atoms with Gasteiger partial charge in [0, 0.05) is 19.4 Å². The van der Waals surface area contributed by atoms with Crippen LogP contribution >= 0.6 is 7.82 Å². The van der Waals surface area contributed by atoms with Crippen LogP contribution in [0.25, 0.3) is 0 Å². The van der Waals surface area contributed by atoms with Crippen LogP contribution in [0.3, 0.4) is 0 Å². The number of carbonyl (C=O) groups excluding carboxylic acids is 2. The van der Waals surface area contributed by atoms with Crippen molar-refractivity contribution in [1.82, 2.24) is 0 Å². The van der Waals surface area contributed by atoms with E-state index in [2.05, 4.69) is 50.3 Å². The predicted molar refractivity (Wildman–Crippen MR) is 220 cm³/mol. The number of allylic oxidation sites excluding steroid dienone is 6. The maximum atomic E-state index is 12.5. The molecular weight excluding hydrogens is 689 g/mol. The number of carbonyl (C=O) groups is 2. The van der Waals surface area contributed by atoms with E-state index in [0.29, 0.717) is 6.42 Å². The molecule has 0 spiro atoms. The maximum absolute atomic E-state index is 12.5. The van der Waals surface area contributed by atoms with E-state index in [1.165, 1.54) is 109 Å². The van der Waals surface area contributed by atoms with Crippen molar-refractivity contribution in [1.29, 1.82) is 0 Å². The highest BCUT2D eigenvalue weighted by molar-refractivity contribution is 7.47. The maximum Gasteiger partial charge on any atom is 0.472 e. The first kappa shape index (κ1) is 51.2. The van der Waals surface area contributed by atoms with E-state index < -0.39 is 26.5 Å². The summed E-state index contributed by atoms with van der Waals surface area (Å²) in [5.74, 6) is -0.868. The Bertz CT molecular complexity index is 970. The van der Waals surface area contributed by atoms with Crippen LogP contribution in [0.2, 0.25) is 0 Å². The third-order valence-corrected chi connectivity index (χ3v) is 10.0. The van der Waals surface area contributed by atoms with Gasteiger partial charge in [0.1, 0.15) is 6.61 Å². The first-order valence-electron chi connectivity index (χ1n) is 21.5. The summed E-state index contributed by atoms with van der Waals surface area (Å²) in [6, 6.07) is 0. The van der Waals surface area contributed by atoms with E-state index in [9.17, 15) is 19.0 Å². The number of phosphoric acid groups is 1. The van der Waals surface area contributed by atoms with Gasteiger partial charge in [-0.25, -0.2) is 4.57 Å². The molecule has 0 rings (SSSR count). The molecule has 0 aromatic heterocycles. The molecule has 0 radical (unpaired) electrons. The Morgan fingerprint density at radius 3 is 1.49 bits per heavy atom. The molecule has 0 aliphatic rings. The summed E-state index contributed by atoms with van der Waals surface area (Å²) in [7, 11) is -4.38. The number of ether oxygens (including phenoxy) is 2. The lowest BCUT2D eigenvalue weighted by Crippen LogP contribution is -2.29. The summed E-state index contributed by atoms with van der Waals surface area (Å²) in [6.07, 6.45) is 43.2. The predicted octanol–water partition coefficient (Wildman–Crippen LogP) is 12.2. The third kappa shape index (κ3) is 39.7. The summed E-state index contributed by atoms with van der Waals surface area (Å²) < 4.78 is 32.7. The molecule has 1 unspecified atom stereocenters. The van der Waals surface area contributed by atoms with Crippen molar-refractivity contribution < 1.29 is 37.6 Å². The quantitative estimate of drug-likeness (QED) is 0.0270. The summed E-state index contributed by atoms with van der Waals surface area (Å²) in [6.45, 7) is 3.67. The van der Waals surface area contributed by atoms with Crippen LogP contribution in [-0.2, 0) is 32.7 Å². The Balaban J connectivity index is 4.19. The van der Waals surface area contributed by atoms with Crippen molar-refractivity contribution in [2.24, 2.45) is 5.73 Å². The number of phosphoric ester groups is 1. The van der Waals surface area contributed by atoms with Crippen molar-refractivity contribution in [2.45, 2.75) is 200 Å². The van der Waals surface area contributed by atoms with E-state index in [1.54, 1.807) is 0 Å². The second kappa shape index (κ2) is 39.9. The molecule has 0 fully saturated rings. The van der Waals surface area contributed by atoms with Crippen molar-refractivity contribution in [2.75, 3.05) is 26.4 Å². The van der Waals surface area contributed by atoms with Crippen LogP contribution in [0, 0.1) is 0 Å². The fourth-order valence-corrected chi connectivity index (χ4v) is 6.58. The molecular formula is C43H80NO8P. The average molecular weight is 770 g/mol. The molecule has 0 bridgehead atoms. The number of nitrogens with two attached hydrogens (primary N) is 1. The molecule has 2 atom stereocenters. The van der Waals surface area contributed by atoms with Gasteiger partial charge in [0.15, 0.2) is 6.10 Å². The molecule has 3 N–H and O–H groups in total. The van der Waals surface area contributed by atoms with E-state index in [4.69, 9.17) is 24.3 Å². The second-order valence-corrected chi connectivity index (χ2v) is 15.7. The van der Waals surface area contributed by atoms with E-state index in [0.717, 1.165) is 51.4 Å². The fourth-order valence-electron chi connectivity index (χ4n) is 5.82. The number of esters is 2. The Labute approximate surface area is 324 Å². The highest BCUT2D eigenvalue weighted by Crippen LogP contribution is 2.43. The third-order valence-electron chi connectivity index (χ3n) is 9.03. The molecule has 10 heteroatoms. The Hall–Kier alpha value is -1.77. The van der Waals surface area contributed by atoms with E-state index in [-0.39, 0.29) is 38.6 Å². The van der Waals surface area contributed by atoms with Gasteiger partial charge in [-0.15, -0.1) is 0 Å². The monoisotopic (exact) mass is 770 g/mol. The molecule has 0 saturated heterocycles. The second-order valence-electron chi connectivity index (χ2n) is 14.2. The van der Waals surface area contributed by atoms with Crippen LogP contribution in [0.5, 0.6) is 0 Å². The number of hydrogen-bond acceptors (Lipinski definition) is 8. The molecule has 0 saturated carbocycles. The van der Waals surface area contributed by atoms with Gasteiger partial charge in [0.2, 0.25) is 0 Å². The smallest absolute Gasteiger partial charge is 0.462 e. The molecule has 0 aromatic rings. The van der Waals surface area contributed by atoms with E-state index >= 15 is 0 Å². The Morgan fingerprint density at radius 2 is 0.981 bits per heavy atom. The zero-order chi connectivity index (χ0) is 38.9. The van der Waals surface area contributed by atoms with Crippen molar-refractivity contribution >= 4 is 19.8 Å². The first-order valence-corrected chi connectivity index (χ1v) is 23.0. The zero-order valence-electron chi connectivity index (χ0n) is 34.0. The molecule has 310 valence electrons. The lowest BCUT2D eigenvalue weighted by atomic mass is 10.0. The van der Waals surface area contributed by atoms with Gasteiger partial charge in [0.25, 0.3) is 0 Å². The molecule has 9 nitrogen and oxygen atoms in total. The summed E-state index contributed by atoms with van der Waals surface area (Å²) in [5, 5.41) is 0. The number of unbranched alkanes of at least 4 members (excludes halogenated alkanes) is 21. The van der Waals surface area contributed by atoms with Crippen LogP contribution in [0.1, 0.15) is 194 Å². The Morgan fingerprint density at radius 1 is 0.566 bits per heavy atom. The minimum Gasteiger partial charge on any atom is -0.462 e. The van der Waals surface area contributed by atoms with Crippen LogP contribution in [0.4, 0.5) is 0 Å². The standard InChI is InChI=1S/C43H80NO8P/c1-3-5-7-9-11-13-15-17-19-20-22-23-25-27-29-31-33-35-42(45)49-39-41(40-51-53(47,48)50-38-37-44)52-43(46)36-34-32-30-28-26-24-21-18-16-14-12-10-8-6-4-2/h12,14,18,21,26,28,41H,3-11,13,15-17,19-20,22-25,27,29-40,44H2,1-2H3,(H,47,48)/b14-12-,21-18-,28-26-/t41-/m1/s1. The van der Waals surface area contributed by atoms with Crippen LogP contribution in [0.15, 0.2) is 36.5 Å². The van der Waals surface area contributed by atoms with Crippen LogP contribution < -0.4 is 5.73 Å². The highest BCUT2D eigenvalue weighted by atomic mass is 31.2. The van der Waals surface area contributed by atoms with Crippen molar-refractivity contribution in [3.05, 3.63) is 36.5 Å². The fraction of sp³-hybridized carbons (Fsp3) is 0.814. The molecule has 0 aromatic carbocycles. The first-order chi connectivity index (χ1) is 25.8. The SMILES string of the molecule is CCCCC/C=C\C/C=C\C/C=C\CCCCC(=O)O[C@H](COC(=O)CCCCCCCCCCCCCCCCCCC)COP(=O)(O)OCCN. The number of rotatable bonds is 40. The lowest BCUT2D eigenvalue weighted by molar-refractivity contribution is -0.161. The normalized spacial score (nSPS) is 13.7. The highest BCUT2D eigenvalue weighted by Gasteiger charge is 2.26. The van der Waals surface area contributed by atoms with Gasteiger partial charge in [-0.05, 0) is 51.4 Å². The lowest BCUT2D eigenvalue weighted by Gasteiger charge is -2.19. The van der Waals surface area contributed by atoms with Gasteiger partial charge < -0.3 is 20.1 Å². The minimum atomic E-state index is -4.38. The molecule has 0 aliphatic heterocycles. The largest absolute Gasteiger partial charge is 0.472 e. The average Bonchev–Trinajstić information content (AvgIpc) is 3.14. The topological polar surface area (TPSA) is 134 Å². The minimum absolute atomic E-state index is 0.0477. The van der Waals surface area contributed by atoms with Gasteiger partial charge in [-0.3, -0.25) is 18.6 Å². The molecule has 0 heterocycles. The summed E-state index contributed by atoms with van der Waals surface area (Å²) in [5.41, 5.74) is 5.34. The van der Waals surface area contributed by atoms with E-state index in [1.807, 2.05) is 0 Å². The summed E-state index contributed by atoms with van der Waals surface area (Å²) >= 11 is 0. The molecule has 53 heavy (non-hydrogen) atoms. The van der Waals surface area contributed by atoms with Gasteiger partial charge in [0.05, 0.1) is 13.2 Å². The zero-order valence-corrected chi connectivity index (χ0v) is 34.9. The van der Waals surface area contributed by atoms with Crippen molar-refractivity contribution in [3.8, 4) is 0 Å². The van der Waals surface area contributed by atoms with Gasteiger partial charge >= 0.3 is 19.8 Å². The van der Waals surface area contributed by atoms with Gasteiger partial charge in [-0.1, -0.05) is 166 Å². The van der Waals surface area contributed by atoms with Crippen molar-refractivity contribution in [3.63, 3.8) is 0 Å². The molecule has 0 aliphatic carbocycles. The summed E-state index contributed by atoms with van der Waals surface area (Å²) in [4.78, 5) is 34.8. The van der Waals surface area contributed by atoms with Gasteiger partial charge in [-0.2, -0.15) is 0 Å². The van der Waals surface area contributed by atoms with Crippen LogP contribution in [-0.4, -0.2) is 49.3 Å². The number of hydrogen-bond donors (Lipinski definition) is 2. The Kier molecular flexibility index (Phi) is 38.6. The molecule has 0 amide bonds.